The molecule has 0 amide bonds. The Morgan fingerprint density at radius 1 is 1.18 bits per heavy atom. The Labute approximate surface area is 130 Å². The van der Waals surface area contributed by atoms with E-state index in [1.165, 1.54) is 17.8 Å². The number of hydrogen-bond acceptors (Lipinski definition) is 5. The number of nitro benzene ring substituents is 1. The van der Waals surface area contributed by atoms with Crippen molar-refractivity contribution in [2.45, 2.75) is 9.79 Å². The van der Waals surface area contributed by atoms with Gasteiger partial charge in [0, 0.05) is 28.7 Å². The van der Waals surface area contributed by atoms with E-state index in [9.17, 15) is 10.1 Å². The van der Waals surface area contributed by atoms with Gasteiger partial charge in [-0.2, -0.15) is 5.26 Å². The molecule has 0 atom stereocenters. The van der Waals surface area contributed by atoms with Crippen LogP contribution in [0.25, 0.3) is 10.8 Å². The average Bonchev–Trinajstić information content (AvgIpc) is 2.55. The number of nitro groups is 1. The quantitative estimate of drug-likeness (QED) is 0.536. The predicted octanol–water partition coefficient (Wildman–Crippen LogP) is 4.17. The van der Waals surface area contributed by atoms with Gasteiger partial charge >= 0.3 is 0 Å². The van der Waals surface area contributed by atoms with Gasteiger partial charge in [0.15, 0.2) is 0 Å². The minimum absolute atomic E-state index is 0.0601. The van der Waals surface area contributed by atoms with Gasteiger partial charge in [-0.25, -0.2) is 0 Å². The average molecular weight is 307 g/mol. The van der Waals surface area contributed by atoms with Crippen molar-refractivity contribution < 1.29 is 4.92 Å². The fourth-order valence-corrected chi connectivity index (χ4v) is 3.17. The van der Waals surface area contributed by atoms with E-state index in [2.05, 4.69) is 4.98 Å². The molecule has 1 heterocycles. The summed E-state index contributed by atoms with van der Waals surface area (Å²) in [7, 11) is 0. The minimum atomic E-state index is -0.462. The summed E-state index contributed by atoms with van der Waals surface area (Å²) in [6.07, 6.45) is 3.45. The lowest BCUT2D eigenvalue weighted by Crippen LogP contribution is -1.92. The summed E-state index contributed by atoms with van der Waals surface area (Å²) >= 11 is 1.31. The fraction of sp³-hybridized carbons (Fsp3) is 0. The van der Waals surface area contributed by atoms with Gasteiger partial charge in [-0.3, -0.25) is 15.1 Å². The van der Waals surface area contributed by atoms with Crippen LogP contribution in [0.5, 0.6) is 0 Å². The number of benzene rings is 2. The van der Waals surface area contributed by atoms with Crippen LogP contribution in [-0.4, -0.2) is 9.91 Å². The number of pyridine rings is 1. The van der Waals surface area contributed by atoms with Crippen LogP contribution in [0.15, 0.2) is 64.6 Å². The van der Waals surface area contributed by atoms with Crippen LogP contribution >= 0.6 is 11.8 Å². The molecule has 3 rings (SSSR count). The molecule has 0 spiro atoms. The molecule has 0 unspecified atom stereocenters. The molecule has 0 bridgehead atoms. The maximum atomic E-state index is 11.2. The topological polar surface area (TPSA) is 79.8 Å². The monoisotopic (exact) mass is 307 g/mol. The molecule has 5 nitrogen and oxygen atoms in total. The molecule has 106 valence electrons. The van der Waals surface area contributed by atoms with Gasteiger partial charge in [0.25, 0.3) is 5.69 Å². The summed E-state index contributed by atoms with van der Waals surface area (Å²) in [5, 5.41) is 22.1. The van der Waals surface area contributed by atoms with Crippen LogP contribution in [0.2, 0.25) is 0 Å². The number of fused-ring (bicyclic) bond motifs is 1. The molecule has 2 aromatic carbocycles. The van der Waals surface area contributed by atoms with E-state index in [0.29, 0.717) is 4.90 Å². The maximum absolute atomic E-state index is 11.2. The van der Waals surface area contributed by atoms with Crippen molar-refractivity contribution in [3.05, 3.63) is 70.5 Å². The van der Waals surface area contributed by atoms with E-state index in [0.717, 1.165) is 15.7 Å². The van der Waals surface area contributed by atoms with E-state index < -0.39 is 4.92 Å². The van der Waals surface area contributed by atoms with Crippen molar-refractivity contribution in [2.75, 3.05) is 0 Å². The number of rotatable bonds is 3. The molecule has 3 aromatic rings. The molecular weight excluding hydrogens is 298 g/mol. The van der Waals surface area contributed by atoms with Gasteiger partial charge < -0.3 is 0 Å². The highest BCUT2D eigenvalue weighted by molar-refractivity contribution is 7.99. The van der Waals surface area contributed by atoms with Crippen molar-refractivity contribution in [2.24, 2.45) is 0 Å². The number of nitriles is 1. The van der Waals surface area contributed by atoms with Crippen LogP contribution in [-0.2, 0) is 0 Å². The fourth-order valence-electron chi connectivity index (χ4n) is 2.12. The number of hydrogen-bond donors (Lipinski definition) is 0. The molecule has 0 saturated heterocycles. The Morgan fingerprint density at radius 3 is 2.82 bits per heavy atom. The van der Waals surface area contributed by atoms with Crippen molar-refractivity contribution in [3.8, 4) is 6.07 Å². The zero-order chi connectivity index (χ0) is 15.5. The normalized spacial score (nSPS) is 10.3. The summed E-state index contributed by atoms with van der Waals surface area (Å²) in [4.78, 5) is 16.2. The summed E-state index contributed by atoms with van der Waals surface area (Å²) < 4.78 is 0. The molecule has 6 heteroatoms. The second-order valence-electron chi connectivity index (χ2n) is 4.51. The SMILES string of the molecule is N#Cc1ccc(Sc2cccc3cnccc23)c([N+](=O)[O-])c1. The summed E-state index contributed by atoms with van der Waals surface area (Å²) in [5.74, 6) is 0. The van der Waals surface area contributed by atoms with E-state index >= 15 is 0 Å². The Balaban J connectivity index is 2.09. The second kappa shape index (κ2) is 5.84. The lowest BCUT2D eigenvalue weighted by molar-refractivity contribution is -0.387. The Morgan fingerprint density at radius 2 is 2.05 bits per heavy atom. The third kappa shape index (κ3) is 2.62. The van der Waals surface area contributed by atoms with Crippen LogP contribution in [0, 0.1) is 21.4 Å². The van der Waals surface area contributed by atoms with E-state index in [1.54, 1.807) is 24.5 Å². The van der Waals surface area contributed by atoms with Crippen molar-refractivity contribution in [1.82, 2.24) is 4.98 Å². The molecule has 0 aliphatic rings. The van der Waals surface area contributed by atoms with Gasteiger partial charge in [-0.15, -0.1) is 0 Å². The first-order valence-corrected chi connectivity index (χ1v) is 7.20. The first kappa shape index (κ1) is 14.0. The van der Waals surface area contributed by atoms with E-state index in [4.69, 9.17) is 5.26 Å². The van der Waals surface area contributed by atoms with Gasteiger partial charge in [0.05, 0.1) is 21.5 Å². The second-order valence-corrected chi connectivity index (χ2v) is 5.59. The smallest absolute Gasteiger partial charge is 0.264 e. The molecule has 0 radical (unpaired) electrons. The van der Waals surface area contributed by atoms with Crippen molar-refractivity contribution >= 4 is 28.2 Å². The van der Waals surface area contributed by atoms with Crippen LogP contribution in [0.4, 0.5) is 5.69 Å². The van der Waals surface area contributed by atoms with Gasteiger partial charge in [0.2, 0.25) is 0 Å². The molecule has 0 N–H and O–H groups in total. The lowest BCUT2D eigenvalue weighted by Gasteiger charge is -2.06. The van der Waals surface area contributed by atoms with Crippen molar-refractivity contribution in [1.29, 1.82) is 5.26 Å². The largest absolute Gasteiger partial charge is 0.284 e. The van der Waals surface area contributed by atoms with E-state index in [-0.39, 0.29) is 11.3 Å². The summed E-state index contributed by atoms with van der Waals surface area (Å²) in [5.41, 5.74) is 0.216. The van der Waals surface area contributed by atoms with Crippen LogP contribution in [0.3, 0.4) is 0 Å². The molecule has 22 heavy (non-hydrogen) atoms. The maximum Gasteiger partial charge on any atom is 0.284 e. The molecular formula is C16H9N3O2S. The molecule has 0 fully saturated rings. The summed E-state index contributed by atoms with van der Waals surface area (Å²) in [6.45, 7) is 0. The predicted molar refractivity (Wildman–Crippen MR) is 83.7 cm³/mol. The third-order valence-corrected chi connectivity index (χ3v) is 4.29. The summed E-state index contributed by atoms with van der Waals surface area (Å²) in [6, 6.07) is 14.0. The molecule has 0 aliphatic carbocycles. The minimum Gasteiger partial charge on any atom is -0.264 e. The molecule has 1 aromatic heterocycles. The first-order chi connectivity index (χ1) is 10.7. The van der Waals surface area contributed by atoms with Gasteiger partial charge in [-0.1, -0.05) is 23.9 Å². The van der Waals surface area contributed by atoms with Crippen LogP contribution < -0.4 is 0 Å². The number of nitrogens with zero attached hydrogens (tertiary/aromatic N) is 3. The molecule has 0 saturated carbocycles. The Bertz CT molecular complexity index is 913. The Hall–Kier alpha value is -2.91. The highest BCUT2D eigenvalue weighted by atomic mass is 32.2. The highest BCUT2D eigenvalue weighted by Crippen LogP contribution is 2.38. The van der Waals surface area contributed by atoms with E-state index in [1.807, 2.05) is 30.3 Å². The first-order valence-electron chi connectivity index (χ1n) is 6.38. The van der Waals surface area contributed by atoms with Crippen LogP contribution in [0.1, 0.15) is 5.56 Å². The Kier molecular flexibility index (Phi) is 3.73. The third-order valence-electron chi connectivity index (χ3n) is 3.15. The van der Waals surface area contributed by atoms with Gasteiger partial charge in [-0.05, 0) is 29.7 Å². The zero-order valence-electron chi connectivity index (χ0n) is 11.3. The highest BCUT2D eigenvalue weighted by Gasteiger charge is 2.16. The molecule has 0 aliphatic heterocycles. The van der Waals surface area contributed by atoms with Gasteiger partial charge in [0.1, 0.15) is 0 Å². The number of aromatic nitrogens is 1. The zero-order valence-corrected chi connectivity index (χ0v) is 12.1. The lowest BCUT2D eigenvalue weighted by atomic mass is 10.2. The van der Waals surface area contributed by atoms with Crippen molar-refractivity contribution in [3.63, 3.8) is 0 Å². The standard InChI is InChI=1S/C16H9N3O2S/c17-9-11-4-5-16(14(8-11)19(20)21)22-15-3-1-2-12-10-18-7-6-13(12)15/h1-8,10H.